The number of hydrogen-bond donors (Lipinski definition) is 0. The lowest BCUT2D eigenvalue weighted by Crippen LogP contribution is -2.00. The van der Waals surface area contributed by atoms with Gasteiger partial charge in [0.25, 0.3) is 0 Å². The van der Waals surface area contributed by atoms with Crippen LogP contribution in [0.3, 0.4) is 0 Å². The van der Waals surface area contributed by atoms with Crippen molar-refractivity contribution in [2.75, 3.05) is 0 Å². The molecule has 0 aliphatic heterocycles. The molecule has 0 radical (unpaired) electrons. The van der Waals surface area contributed by atoms with Gasteiger partial charge in [0.05, 0.1) is 6.10 Å². The molecule has 0 aromatic carbocycles. The molecule has 2 nitrogen and oxygen atoms in total. The number of aromatic nitrogens is 1. The highest BCUT2D eigenvalue weighted by atomic mass is 16.5. The van der Waals surface area contributed by atoms with Crippen LogP contribution in [0.25, 0.3) is 5.76 Å². The van der Waals surface area contributed by atoms with E-state index in [0.29, 0.717) is 5.76 Å². The molecular weight excluding hydrogens is 150 g/mol. The van der Waals surface area contributed by atoms with E-state index in [2.05, 4.69) is 11.6 Å². The number of ether oxygens (including phenoxy) is 1. The zero-order valence-corrected chi connectivity index (χ0v) is 7.45. The maximum Gasteiger partial charge on any atom is 0.121 e. The highest BCUT2D eigenvalue weighted by molar-refractivity contribution is 5.55. The average Bonchev–Trinajstić information content (AvgIpc) is 2.05. The minimum atomic E-state index is 0.165. The molecule has 0 atom stereocenters. The van der Waals surface area contributed by atoms with E-state index in [1.165, 1.54) is 0 Å². The molecule has 1 aromatic rings. The first-order valence-corrected chi connectivity index (χ1v) is 3.96. The third-order valence-corrected chi connectivity index (χ3v) is 1.36. The van der Waals surface area contributed by atoms with Crippen LogP contribution in [-0.2, 0) is 4.74 Å². The summed E-state index contributed by atoms with van der Waals surface area (Å²) in [6.45, 7) is 7.75. The predicted molar refractivity (Wildman–Crippen MR) is 49.5 cm³/mol. The van der Waals surface area contributed by atoms with Gasteiger partial charge in [-0.2, -0.15) is 0 Å². The number of rotatable bonds is 3. The molecule has 2 heteroatoms. The van der Waals surface area contributed by atoms with Crippen LogP contribution in [0.4, 0.5) is 0 Å². The molecule has 12 heavy (non-hydrogen) atoms. The minimum absolute atomic E-state index is 0.165. The zero-order valence-electron chi connectivity index (χ0n) is 7.45. The standard InChI is InChI=1S/C10H13NO/c1-8(2)12-9(3)10-5-4-6-11-7-10/h4-8H,3H2,1-2H3. The Labute approximate surface area is 72.9 Å². The van der Waals surface area contributed by atoms with Crippen LogP contribution in [0.1, 0.15) is 19.4 Å². The number of hydrogen-bond acceptors (Lipinski definition) is 2. The third-order valence-electron chi connectivity index (χ3n) is 1.36. The fourth-order valence-corrected chi connectivity index (χ4v) is 0.880. The van der Waals surface area contributed by atoms with Crippen LogP contribution < -0.4 is 0 Å². The molecule has 0 aliphatic rings. The van der Waals surface area contributed by atoms with Crippen molar-refractivity contribution in [2.24, 2.45) is 0 Å². The fourth-order valence-electron chi connectivity index (χ4n) is 0.880. The van der Waals surface area contributed by atoms with Gasteiger partial charge in [-0.3, -0.25) is 4.98 Å². The van der Waals surface area contributed by atoms with Gasteiger partial charge in [0, 0.05) is 18.0 Å². The SMILES string of the molecule is C=C(OC(C)C)c1cccnc1. The van der Waals surface area contributed by atoms with Gasteiger partial charge >= 0.3 is 0 Å². The van der Waals surface area contributed by atoms with E-state index >= 15 is 0 Å². The van der Waals surface area contributed by atoms with Crippen LogP contribution in [0.5, 0.6) is 0 Å². The van der Waals surface area contributed by atoms with E-state index in [1.54, 1.807) is 12.4 Å². The lowest BCUT2D eigenvalue weighted by atomic mass is 10.2. The van der Waals surface area contributed by atoms with Gasteiger partial charge < -0.3 is 4.74 Å². The highest BCUT2D eigenvalue weighted by Gasteiger charge is 2.00. The van der Waals surface area contributed by atoms with Gasteiger partial charge in [-0.15, -0.1) is 0 Å². The van der Waals surface area contributed by atoms with Crippen molar-refractivity contribution >= 4 is 5.76 Å². The predicted octanol–water partition coefficient (Wildman–Crippen LogP) is 2.48. The largest absolute Gasteiger partial charge is 0.491 e. The van der Waals surface area contributed by atoms with Crippen molar-refractivity contribution in [3.05, 3.63) is 36.7 Å². The summed E-state index contributed by atoms with van der Waals surface area (Å²) in [4.78, 5) is 3.97. The molecule has 64 valence electrons. The summed E-state index contributed by atoms with van der Waals surface area (Å²) >= 11 is 0. The Morgan fingerprint density at radius 2 is 2.33 bits per heavy atom. The smallest absolute Gasteiger partial charge is 0.121 e. The Hall–Kier alpha value is -1.31. The Morgan fingerprint density at radius 3 is 2.83 bits per heavy atom. The first-order chi connectivity index (χ1) is 5.70. The Morgan fingerprint density at radius 1 is 1.58 bits per heavy atom. The van der Waals surface area contributed by atoms with Crippen molar-refractivity contribution in [2.45, 2.75) is 20.0 Å². The van der Waals surface area contributed by atoms with Crippen molar-refractivity contribution < 1.29 is 4.74 Å². The molecule has 0 saturated carbocycles. The van der Waals surface area contributed by atoms with Crippen LogP contribution in [0, 0.1) is 0 Å². The van der Waals surface area contributed by atoms with E-state index in [9.17, 15) is 0 Å². The molecule has 1 heterocycles. The van der Waals surface area contributed by atoms with Gasteiger partial charge in [-0.25, -0.2) is 0 Å². The van der Waals surface area contributed by atoms with Crippen LogP contribution in [0.2, 0.25) is 0 Å². The van der Waals surface area contributed by atoms with Gasteiger partial charge in [-0.05, 0) is 26.0 Å². The molecule has 0 aliphatic carbocycles. The lowest BCUT2D eigenvalue weighted by Gasteiger charge is -2.11. The summed E-state index contributed by atoms with van der Waals surface area (Å²) in [6.07, 6.45) is 3.63. The molecule has 0 spiro atoms. The monoisotopic (exact) mass is 163 g/mol. The van der Waals surface area contributed by atoms with Crippen molar-refractivity contribution in [1.29, 1.82) is 0 Å². The molecule has 1 rings (SSSR count). The van der Waals surface area contributed by atoms with Crippen molar-refractivity contribution in [1.82, 2.24) is 4.98 Å². The fraction of sp³-hybridized carbons (Fsp3) is 0.300. The Kier molecular flexibility index (Phi) is 2.86. The van der Waals surface area contributed by atoms with E-state index < -0.39 is 0 Å². The molecule has 1 aromatic heterocycles. The van der Waals surface area contributed by atoms with Gasteiger partial charge in [0.15, 0.2) is 0 Å². The zero-order chi connectivity index (χ0) is 8.97. The van der Waals surface area contributed by atoms with Gasteiger partial charge in [0.2, 0.25) is 0 Å². The maximum atomic E-state index is 5.40. The number of nitrogens with zero attached hydrogens (tertiary/aromatic N) is 1. The summed E-state index contributed by atoms with van der Waals surface area (Å²) < 4.78 is 5.40. The third kappa shape index (κ3) is 2.38. The van der Waals surface area contributed by atoms with Crippen LogP contribution >= 0.6 is 0 Å². The number of pyridine rings is 1. The van der Waals surface area contributed by atoms with Crippen LogP contribution in [0.15, 0.2) is 31.1 Å². The second-order valence-electron chi connectivity index (χ2n) is 2.83. The lowest BCUT2D eigenvalue weighted by molar-refractivity contribution is 0.205. The summed E-state index contributed by atoms with van der Waals surface area (Å²) in [5.41, 5.74) is 0.936. The van der Waals surface area contributed by atoms with Crippen molar-refractivity contribution in [3.8, 4) is 0 Å². The summed E-state index contributed by atoms with van der Waals surface area (Å²) in [7, 11) is 0. The van der Waals surface area contributed by atoms with E-state index in [4.69, 9.17) is 4.74 Å². The molecule has 0 bridgehead atoms. The molecule has 0 saturated heterocycles. The molecule has 0 amide bonds. The maximum absolute atomic E-state index is 5.40. The summed E-state index contributed by atoms with van der Waals surface area (Å²) in [5, 5.41) is 0. The first-order valence-electron chi connectivity index (χ1n) is 3.96. The minimum Gasteiger partial charge on any atom is -0.491 e. The normalized spacial score (nSPS) is 9.92. The average molecular weight is 163 g/mol. The highest BCUT2D eigenvalue weighted by Crippen LogP contribution is 2.13. The summed E-state index contributed by atoms with van der Waals surface area (Å²) in [5.74, 6) is 0.679. The quantitative estimate of drug-likeness (QED) is 0.638. The summed E-state index contributed by atoms with van der Waals surface area (Å²) in [6, 6.07) is 3.79. The first kappa shape index (κ1) is 8.78. The van der Waals surface area contributed by atoms with E-state index in [0.717, 1.165) is 5.56 Å². The Bertz CT molecular complexity index is 254. The van der Waals surface area contributed by atoms with Gasteiger partial charge in [0.1, 0.15) is 5.76 Å². The molecule has 0 unspecified atom stereocenters. The second kappa shape index (κ2) is 3.90. The molecule has 0 N–H and O–H groups in total. The van der Waals surface area contributed by atoms with Crippen molar-refractivity contribution in [3.63, 3.8) is 0 Å². The molecule has 0 fully saturated rings. The molecular formula is C10H13NO. The van der Waals surface area contributed by atoms with Gasteiger partial charge in [-0.1, -0.05) is 6.58 Å². The topological polar surface area (TPSA) is 22.1 Å². The van der Waals surface area contributed by atoms with E-state index in [-0.39, 0.29) is 6.10 Å². The second-order valence-corrected chi connectivity index (χ2v) is 2.83. The van der Waals surface area contributed by atoms with E-state index in [1.807, 2.05) is 26.0 Å². The Balaban J connectivity index is 2.66. The van der Waals surface area contributed by atoms with Crippen LogP contribution in [-0.4, -0.2) is 11.1 Å².